The van der Waals surface area contributed by atoms with E-state index < -0.39 is 0 Å². The Balaban J connectivity index is 1.75. The molecule has 1 fully saturated rings. The van der Waals surface area contributed by atoms with Gasteiger partial charge in [0.05, 0.1) is 0 Å². The van der Waals surface area contributed by atoms with Gasteiger partial charge >= 0.3 is 0 Å². The first-order chi connectivity index (χ1) is 10.2. The summed E-state index contributed by atoms with van der Waals surface area (Å²) >= 11 is 0. The van der Waals surface area contributed by atoms with Crippen LogP contribution in [0.15, 0.2) is 24.3 Å². The Hall–Kier alpha value is -1.06. The van der Waals surface area contributed by atoms with Gasteiger partial charge in [0.1, 0.15) is 12.4 Å². The van der Waals surface area contributed by atoms with Crippen LogP contribution in [0.3, 0.4) is 0 Å². The number of rotatable bonds is 7. The van der Waals surface area contributed by atoms with Crippen molar-refractivity contribution >= 4 is 0 Å². The topological polar surface area (TPSA) is 24.5 Å². The molecule has 3 heteroatoms. The number of hydrogen-bond donors (Lipinski definition) is 1. The summed E-state index contributed by atoms with van der Waals surface area (Å²) in [6.07, 6.45) is 1.36. The van der Waals surface area contributed by atoms with Crippen LogP contribution in [-0.2, 0) is 6.54 Å². The summed E-state index contributed by atoms with van der Waals surface area (Å²) in [4.78, 5) is 2.54. The van der Waals surface area contributed by atoms with Gasteiger partial charge in [0.25, 0.3) is 0 Å². The van der Waals surface area contributed by atoms with Crippen molar-refractivity contribution in [3.63, 3.8) is 0 Å². The summed E-state index contributed by atoms with van der Waals surface area (Å²) in [5, 5.41) is 3.35. The van der Waals surface area contributed by atoms with Gasteiger partial charge < -0.3 is 10.1 Å². The van der Waals surface area contributed by atoms with Gasteiger partial charge in [-0.2, -0.15) is 0 Å². The van der Waals surface area contributed by atoms with Crippen LogP contribution in [0.5, 0.6) is 5.75 Å². The highest BCUT2D eigenvalue weighted by Crippen LogP contribution is 2.20. The first kappa shape index (κ1) is 16.3. The van der Waals surface area contributed by atoms with E-state index in [1.165, 1.54) is 25.1 Å². The largest absolute Gasteiger partial charge is 0.492 e. The highest BCUT2D eigenvalue weighted by Gasteiger charge is 2.21. The average Bonchev–Trinajstić information content (AvgIpc) is 2.44. The van der Waals surface area contributed by atoms with Crippen molar-refractivity contribution in [3.8, 4) is 5.75 Å². The van der Waals surface area contributed by atoms with Crippen LogP contribution in [0, 0.1) is 11.8 Å². The molecule has 0 aliphatic carbocycles. The fourth-order valence-corrected chi connectivity index (χ4v) is 3.28. The Kier molecular flexibility index (Phi) is 6.52. The zero-order valence-electron chi connectivity index (χ0n) is 13.8. The van der Waals surface area contributed by atoms with Gasteiger partial charge in [-0.3, -0.25) is 4.90 Å². The maximum absolute atomic E-state index is 5.93. The first-order valence-electron chi connectivity index (χ1n) is 8.32. The molecule has 2 rings (SSSR count). The summed E-state index contributed by atoms with van der Waals surface area (Å²) in [7, 11) is 0. The molecule has 2 unspecified atom stereocenters. The minimum atomic E-state index is 0.782. The lowest BCUT2D eigenvalue weighted by Gasteiger charge is -2.34. The van der Waals surface area contributed by atoms with E-state index >= 15 is 0 Å². The number of ether oxygens (including phenoxy) is 1. The van der Waals surface area contributed by atoms with Gasteiger partial charge in [0.2, 0.25) is 0 Å². The summed E-state index contributed by atoms with van der Waals surface area (Å²) in [5.74, 6) is 2.62. The standard InChI is InChI=1S/C18H30N2O/c1-4-19-12-17-6-5-7-18(11-17)21-9-8-20-13-15(2)10-16(3)14-20/h5-7,11,15-16,19H,4,8-10,12-14H2,1-3H3. The molecular weight excluding hydrogens is 260 g/mol. The van der Waals surface area contributed by atoms with Crippen LogP contribution in [0.2, 0.25) is 0 Å². The number of hydrogen-bond acceptors (Lipinski definition) is 3. The van der Waals surface area contributed by atoms with Crippen LogP contribution in [0.4, 0.5) is 0 Å². The lowest BCUT2D eigenvalue weighted by Crippen LogP contribution is -2.40. The van der Waals surface area contributed by atoms with Gasteiger partial charge in [-0.15, -0.1) is 0 Å². The van der Waals surface area contributed by atoms with Crippen molar-refractivity contribution in [3.05, 3.63) is 29.8 Å². The normalized spacial score (nSPS) is 23.2. The molecule has 0 saturated carbocycles. The van der Waals surface area contributed by atoms with E-state index in [4.69, 9.17) is 4.74 Å². The quantitative estimate of drug-likeness (QED) is 0.835. The van der Waals surface area contributed by atoms with E-state index in [2.05, 4.69) is 55.3 Å². The van der Waals surface area contributed by atoms with Gasteiger partial charge in [0, 0.05) is 26.2 Å². The Morgan fingerprint density at radius 2 is 2.00 bits per heavy atom. The van der Waals surface area contributed by atoms with Crippen LogP contribution in [-0.4, -0.2) is 37.7 Å². The first-order valence-corrected chi connectivity index (χ1v) is 8.32. The van der Waals surface area contributed by atoms with Gasteiger partial charge in [-0.1, -0.05) is 32.9 Å². The minimum Gasteiger partial charge on any atom is -0.492 e. The second-order valence-electron chi connectivity index (χ2n) is 6.48. The molecule has 0 radical (unpaired) electrons. The highest BCUT2D eigenvalue weighted by molar-refractivity contribution is 5.28. The van der Waals surface area contributed by atoms with E-state index in [-0.39, 0.29) is 0 Å². The van der Waals surface area contributed by atoms with E-state index in [0.717, 1.165) is 43.8 Å². The third-order valence-corrected chi connectivity index (χ3v) is 4.10. The van der Waals surface area contributed by atoms with Crippen LogP contribution < -0.4 is 10.1 Å². The van der Waals surface area contributed by atoms with Crippen molar-refractivity contribution in [2.75, 3.05) is 32.8 Å². The summed E-state index contributed by atoms with van der Waals surface area (Å²) in [6, 6.07) is 8.41. The van der Waals surface area contributed by atoms with Crippen LogP contribution >= 0.6 is 0 Å². The zero-order chi connectivity index (χ0) is 15.1. The molecular formula is C18H30N2O. The molecule has 0 amide bonds. The Bertz CT molecular complexity index is 411. The Morgan fingerprint density at radius 1 is 1.24 bits per heavy atom. The smallest absolute Gasteiger partial charge is 0.119 e. The summed E-state index contributed by atoms with van der Waals surface area (Å²) < 4.78 is 5.93. The van der Waals surface area contributed by atoms with E-state index in [1.807, 2.05) is 0 Å². The van der Waals surface area contributed by atoms with Crippen molar-refractivity contribution in [1.29, 1.82) is 0 Å². The van der Waals surface area contributed by atoms with Crippen LogP contribution in [0.25, 0.3) is 0 Å². The maximum Gasteiger partial charge on any atom is 0.119 e. The number of nitrogens with zero attached hydrogens (tertiary/aromatic N) is 1. The molecule has 1 N–H and O–H groups in total. The summed E-state index contributed by atoms with van der Waals surface area (Å²) in [6.45, 7) is 13.0. The third-order valence-electron chi connectivity index (χ3n) is 4.10. The highest BCUT2D eigenvalue weighted by atomic mass is 16.5. The molecule has 2 atom stereocenters. The predicted octanol–water partition coefficient (Wildman–Crippen LogP) is 3.15. The average molecular weight is 290 g/mol. The fourth-order valence-electron chi connectivity index (χ4n) is 3.28. The maximum atomic E-state index is 5.93. The van der Waals surface area contributed by atoms with Gasteiger partial charge in [-0.05, 0) is 42.5 Å². The lowest BCUT2D eigenvalue weighted by molar-refractivity contribution is 0.120. The van der Waals surface area contributed by atoms with E-state index in [1.54, 1.807) is 0 Å². The van der Waals surface area contributed by atoms with Crippen molar-refractivity contribution in [2.24, 2.45) is 11.8 Å². The number of nitrogens with one attached hydrogen (secondary N) is 1. The number of benzene rings is 1. The predicted molar refractivity (Wildman–Crippen MR) is 88.7 cm³/mol. The molecule has 1 aliphatic heterocycles. The third kappa shape index (κ3) is 5.68. The molecule has 1 aromatic carbocycles. The molecule has 1 aromatic rings. The molecule has 3 nitrogen and oxygen atoms in total. The minimum absolute atomic E-state index is 0.782. The Morgan fingerprint density at radius 3 is 2.71 bits per heavy atom. The fraction of sp³-hybridized carbons (Fsp3) is 0.667. The van der Waals surface area contributed by atoms with Gasteiger partial charge in [0.15, 0.2) is 0 Å². The summed E-state index contributed by atoms with van der Waals surface area (Å²) in [5.41, 5.74) is 1.29. The molecule has 1 heterocycles. The van der Waals surface area contributed by atoms with Crippen molar-refractivity contribution in [1.82, 2.24) is 10.2 Å². The molecule has 0 spiro atoms. The molecule has 0 bridgehead atoms. The van der Waals surface area contributed by atoms with E-state index in [0.29, 0.717) is 0 Å². The van der Waals surface area contributed by atoms with Gasteiger partial charge in [-0.25, -0.2) is 0 Å². The second-order valence-corrected chi connectivity index (χ2v) is 6.48. The zero-order valence-corrected chi connectivity index (χ0v) is 13.8. The molecule has 1 aliphatic rings. The number of likely N-dealkylation sites (tertiary alicyclic amines) is 1. The molecule has 1 saturated heterocycles. The Labute approximate surface area is 129 Å². The molecule has 21 heavy (non-hydrogen) atoms. The second kappa shape index (κ2) is 8.40. The lowest BCUT2D eigenvalue weighted by atomic mass is 9.92. The van der Waals surface area contributed by atoms with Crippen molar-refractivity contribution in [2.45, 2.75) is 33.7 Å². The van der Waals surface area contributed by atoms with Crippen molar-refractivity contribution < 1.29 is 4.74 Å². The van der Waals surface area contributed by atoms with Crippen LogP contribution in [0.1, 0.15) is 32.8 Å². The van der Waals surface area contributed by atoms with E-state index in [9.17, 15) is 0 Å². The monoisotopic (exact) mass is 290 g/mol. The molecule has 118 valence electrons. The number of piperidine rings is 1. The molecule has 0 aromatic heterocycles. The SMILES string of the molecule is CCNCc1cccc(OCCN2CC(C)CC(C)C2)c1.